The van der Waals surface area contributed by atoms with Crippen molar-refractivity contribution in [3.8, 4) is 11.1 Å². The second-order valence-corrected chi connectivity index (χ2v) is 13.1. The summed E-state index contributed by atoms with van der Waals surface area (Å²) in [6.07, 6.45) is 3.03. The average molecular weight is 700 g/mol. The molecular weight excluding hydrogens is 658 g/mol. The molecule has 0 unspecified atom stereocenters. The average Bonchev–Trinajstić information content (AvgIpc) is 3.20. The highest BCUT2D eigenvalue weighted by atomic mass is 16.7. The minimum absolute atomic E-state index is 0.0155. The molecule has 7 rings (SSSR count). The summed E-state index contributed by atoms with van der Waals surface area (Å²) in [5, 5.41) is 23.7. The molecule has 266 valence electrons. The number of nitrogens with zero attached hydrogens (tertiary/aromatic N) is 4. The highest BCUT2D eigenvalue weighted by molar-refractivity contribution is 5.93. The predicted octanol–water partition coefficient (Wildman–Crippen LogP) is 6.45. The number of pyridine rings is 1. The van der Waals surface area contributed by atoms with Crippen molar-refractivity contribution < 1.29 is 24.3 Å². The van der Waals surface area contributed by atoms with Crippen molar-refractivity contribution in [2.75, 3.05) is 37.6 Å². The summed E-state index contributed by atoms with van der Waals surface area (Å²) in [5.74, 6) is -0.175. The number of non-ortho nitro benzene ring substituents is 1. The maximum Gasteiger partial charge on any atom is 0.269 e. The minimum atomic E-state index is -0.578. The molecule has 2 fully saturated rings. The molecule has 5 aromatic rings. The summed E-state index contributed by atoms with van der Waals surface area (Å²) < 4.78 is 13.3. The van der Waals surface area contributed by atoms with Gasteiger partial charge in [-0.05, 0) is 52.1 Å². The predicted molar refractivity (Wildman–Crippen MR) is 197 cm³/mol. The van der Waals surface area contributed by atoms with Crippen LogP contribution < -0.4 is 10.2 Å². The summed E-state index contributed by atoms with van der Waals surface area (Å²) in [6.45, 7) is 4.41. The topological polar surface area (TPSA) is 130 Å². The van der Waals surface area contributed by atoms with Gasteiger partial charge in [0.1, 0.15) is 0 Å². The second-order valence-electron chi connectivity index (χ2n) is 13.1. The Hall–Kier alpha value is -5.46. The fraction of sp³-hybridized carbons (Fsp3) is 0.268. The number of aromatic nitrogens is 1. The molecule has 1 aromatic heterocycles. The number of amides is 1. The van der Waals surface area contributed by atoms with Crippen molar-refractivity contribution in [1.29, 1.82) is 0 Å². The third-order valence-corrected chi connectivity index (χ3v) is 9.75. The van der Waals surface area contributed by atoms with Gasteiger partial charge in [-0.25, -0.2) is 0 Å². The molecular formula is C41H41N5O6. The molecule has 52 heavy (non-hydrogen) atoms. The molecule has 0 saturated carbocycles. The third-order valence-electron chi connectivity index (χ3n) is 9.75. The van der Waals surface area contributed by atoms with Crippen molar-refractivity contribution in [1.82, 2.24) is 15.2 Å². The molecule has 0 aliphatic carbocycles. The summed E-state index contributed by atoms with van der Waals surface area (Å²) in [6, 6.07) is 34.4. The van der Waals surface area contributed by atoms with Crippen LogP contribution in [-0.4, -0.2) is 64.6 Å². The quantitative estimate of drug-likeness (QED) is 0.118. The van der Waals surface area contributed by atoms with E-state index in [9.17, 15) is 20.0 Å². The number of nitrogens with one attached hydrogen (secondary N) is 1. The molecule has 2 aliphatic rings. The van der Waals surface area contributed by atoms with Gasteiger partial charge in [0.25, 0.3) is 11.6 Å². The van der Waals surface area contributed by atoms with Gasteiger partial charge in [-0.15, -0.1) is 0 Å². The number of aliphatic hydroxyl groups excluding tert-OH is 1. The van der Waals surface area contributed by atoms with E-state index in [1.165, 1.54) is 0 Å². The monoisotopic (exact) mass is 699 g/mol. The van der Waals surface area contributed by atoms with Crippen LogP contribution in [0.1, 0.15) is 51.4 Å². The number of rotatable bonds is 11. The van der Waals surface area contributed by atoms with Crippen LogP contribution in [0.3, 0.4) is 0 Å². The lowest BCUT2D eigenvalue weighted by atomic mass is 9.97. The van der Waals surface area contributed by atoms with Crippen molar-refractivity contribution in [3.05, 3.63) is 160 Å². The summed E-state index contributed by atoms with van der Waals surface area (Å²) >= 11 is 0. The fourth-order valence-electron chi connectivity index (χ4n) is 6.85. The van der Waals surface area contributed by atoms with Crippen LogP contribution in [0.25, 0.3) is 11.1 Å². The number of piperazine rings is 1. The Labute approximate surface area is 302 Å². The Balaban J connectivity index is 1.04. The van der Waals surface area contributed by atoms with E-state index in [4.69, 9.17) is 9.47 Å². The Morgan fingerprint density at radius 1 is 0.865 bits per heavy atom. The van der Waals surface area contributed by atoms with Gasteiger partial charge in [0.05, 0.1) is 29.3 Å². The van der Waals surface area contributed by atoms with E-state index in [0.29, 0.717) is 18.5 Å². The van der Waals surface area contributed by atoms with E-state index in [1.54, 1.807) is 36.7 Å². The largest absolute Gasteiger partial charge is 0.392 e. The lowest BCUT2D eigenvalue weighted by Gasteiger charge is -2.41. The smallest absolute Gasteiger partial charge is 0.269 e. The van der Waals surface area contributed by atoms with Crippen LogP contribution in [0.2, 0.25) is 0 Å². The SMILES string of the molecule is O=C(NCc1ccccc1-c1ccc([C@@H]2O[C@H](CN3CCN(c4ccc([N+](=O)[O-])cc4)CC3)C[C@H](c3ccc(CO)cc3)O2)cc1)c1cccnc1. The lowest BCUT2D eigenvalue weighted by molar-refractivity contribution is -0.384. The van der Waals surface area contributed by atoms with E-state index in [0.717, 1.165) is 71.8 Å². The summed E-state index contributed by atoms with van der Waals surface area (Å²) in [4.78, 5) is 32.1. The third kappa shape index (κ3) is 8.35. The highest BCUT2D eigenvalue weighted by Gasteiger charge is 2.34. The number of carbonyl (C=O) groups is 1. The van der Waals surface area contributed by atoms with Gasteiger partial charge in [-0.2, -0.15) is 0 Å². The molecule has 1 amide bonds. The van der Waals surface area contributed by atoms with Crippen molar-refractivity contribution in [2.24, 2.45) is 0 Å². The number of nitro groups is 1. The zero-order valence-corrected chi connectivity index (χ0v) is 28.7. The molecule has 0 radical (unpaired) electrons. The van der Waals surface area contributed by atoms with Gasteiger partial charge < -0.3 is 24.8 Å². The number of nitro benzene ring substituents is 1. The number of hydrogen-bond acceptors (Lipinski definition) is 9. The number of carbonyl (C=O) groups excluding carboxylic acids is 1. The maximum atomic E-state index is 12.7. The normalized spacial score (nSPS) is 19.2. The van der Waals surface area contributed by atoms with E-state index >= 15 is 0 Å². The van der Waals surface area contributed by atoms with Gasteiger partial charge >= 0.3 is 0 Å². The molecule has 11 heteroatoms. The van der Waals surface area contributed by atoms with Gasteiger partial charge in [-0.1, -0.05) is 72.8 Å². The van der Waals surface area contributed by atoms with E-state index in [-0.39, 0.29) is 35.3 Å². The number of ether oxygens (including phenoxy) is 2. The maximum absolute atomic E-state index is 12.7. The second kappa shape index (κ2) is 16.3. The fourth-order valence-corrected chi connectivity index (χ4v) is 6.85. The Bertz CT molecular complexity index is 1950. The molecule has 0 bridgehead atoms. The van der Waals surface area contributed by atoms with Gasteiger partial charge in [0.15, 0.2) is 6.29 Å². The summed E-state index contributed by atoms with van der Waals surface area (Å²) in [7, 11) is 0. The van der Waals surface area contributed by atoms with Crippen LogP contribution in [0.5, 0.6) is 0 Å². The van der Waals surface area contributed by atoms with Gasteiger partial charge in [0, 0.05) is 81.5 Å². The van der Waals surface area contributed by atoms with Crippen molar-refractivity contribution in [3.63, 3.8) is 0 Å². The van der Waals surface area contributed by atoms with Crippen LogP contribution in [0.4, 0.5) is 11.4 Å². The highest BCUT2D eigenvalue weighted by Crippen LogP contribution is 2.39. The molecule has 4 aromatic carbocycles. The molecule has 2 aliphatic heterocycles. The minimum Gasteiger partial charge on any atom is -0.392 e. The Morgan fingerprint density at radius 3 is 2.29 bits per heavy atom. The first-order valence-electron chi connectivity index (χ1n) is 17.5. The Morgan fingerprint density at radius 2 is 1.60 bits per heavy atom. The number of hydrogen-bond donors (Lipinski definition) is 2. The molecule has 0 spiro atoms. The first kappa shape index (κ1) is 35.0. The van der Waals surface area contributed by atoms with Crippen LogP contribution >= 0.6 is 0 Å². The lowest BCUT2D eigenvalue weighted by Crippen LogP contribution is -2.49. The molecule has 2 N–H and O–H groups in total. The van der Waals surface area contributed by atoms with Gasteiger partial charge in [0.2, 0.25) is 0 Å². The number of benzene rings is 4. The molecule has 2 saturated heterocycles. The standard InChI is InChI=1S/C41H41N5O6/c47-28-29-7-9-31(10-8-29)39-24-37(27-44-20-22-45(23-21-44)35-15-17-36(18-16-35)46(49)50)51-41(52-39)32-13-11-30(12-14-32)38-6-2-1-4-33(38)26-43-40(48)34-5-3-19-42-25-34/h1-19,25,37,39,41,47H,20-24,26-28H2,(H,43,48)/t37-,39+,41+/m0/s1. The molecule has 11 nitrogen and oxygen atoms in total. The molecule has 3 atom stereocenters. The number of anilines is 1. The number of aliphatic hydroxyl groups is 1. The summed E-state index contributed by atoms with van der Waals surface area (Å²) in [5.41, 5.74) is 7.44. The van der Waals surface area contributed by atoms with Crippen LogP contribution in [-0.2, 0) is 22.6 Å². The Kier molecular flexibility index (Phi) is 10.9. The van der Waals surface area contributed by atoms with Crippen molar-refractivity contribution in [2.45, 2.75) is 38.1 Å². The van der Waals surface area contributed by atoms with Crippen molar-refractivity contribution >= 4 is 17.3 Å². The van der Waals surface area contributed by atoms with E-state index in [1.807, 2.05) is 66.7 Å². The van der Waals surface area contributed by atoms with Gasteiger partial charge in [-0.3, -0.25) is 24.8 Å². The molecule has 3 heterocycles. The first-order chi connectivity index (χ1) is 25.4. The van der Waals surface area contributed by atoms with Crippen LogP contribution in [0, 0.1) is 10.1 Å². The zero-order valence-electron chi connectivity index (χ0n) is 28.7. The first-order valence-corrected chi connectivity index (χ1v) is 17.5. The van der Waals surface area contributed by atoms with Crippen LogP contribution in [0.15, 0.2) is 122 Å². The van der Waals surface area contributed by atoms with E-state index in [2.05, 4.69) is 38.3 Å². The zero-order chi connectivity index (χ0) is 35.9. The van der Waals surface area contributed by atoms with E-state index < -0.39 is 6.29 Å².